The third kappa shape index (κ3) is 2.54. The third-order valence-corrected chi connectivity index (χ3v) is 3.07. The van der Waals surface area contributed by atoms with E-state index in [2.05, 4.69) is 10.4 Å². The summed E-state index contributed by atoms with van der Waals surface area (Å²) < 4.78 is 20.2. The number of anilines is 3. The van der Waals surface area contributed by atoms with Gasteiger partial charge in [0.05, 0.1) is 18.5 Å². The minimum atomic E-state index is -0.428. The topological polar surface area (TPSA) is 65.1 Å². The minimum Gasteiger partial charge on any atom is -0.494 e. The van der Waals surface area contributed by atoms with Gasteiger partial charge in [0.15, 0.2) is 17.4 Å². The van der Waals surface area contributed by atoms with Crippen molar-refractivity contribution in [1.29, 1.82) is 0 Å². The van der Waals surface area contributed by atoms with E-state index in [1.54, 1.807) is 23.9 Å². The first-order chi connectivity index (χ1) is 9.43. The van der Waals surface area contributed by atoms with Crippen molar-refractivity contribution in [3.63, 3.8) is 0 Å². The number of hydrogen-bond acceptors (Lipinski definition) is 4. The number of nitrogens with one attached hydrogen (secondary N) is 1. The number of nitrogens with zero attached hydrogens (tertiary/aromatic N) is 2. The standard InChI is InChI=1S/C14H19FN4O/c1-8(2)13-12(16)14(19(3)18-13)17-9-5-6-11(20-4)10(15)7-9/h5-8,17H,16H2,1-4H3. The van der Waals surface area contributed by atoms with Crippen LogP contribution in [0.3, 0.4) is 0 Å². The van der Waals surface area contributed by atoms with Crippen LogP contribution in [0.2, 0.25) is 0 Å². The van der Waals surface area contributed by atoms with Crippen LogP contribution in [0.15, 0.2) is 18.2 Å². The van der Waals surface area contributed by atoms with E-state index >= 15 is 0 Å². The number of hydrogen-bond donors (Lipinski definition) is 2. The van der Waals surface area contributed by atoms with Crippen LogP contribution in [0.25, 0.3) is 0 Å². The maximum Gasteiger partial charge on any atom is 0.167 e. The molecule has 3 N–H and O–H groups in total. The Kier molecular flexibility index (Phi) is 3.83. The van der Waals surface area contributed by atoms with E-state index in [0.29, 0.717) is 17.2 Å². The molecule has 2 rings (SSSR count). The molecule has 0 saturated heterocycles. The molecule has 0 aliphatic carbocycles. The van der Waals surface area contributed by atoms with Gasteiger partial charge in [0, 0.05) is 18.8 Å². The van der Waals surface area contributed by atoms with Gasteiger partial charge in [0.2, 0.25) is 0 Å². The molecule has 108 valence electrons. The fraction of sp³-hybridized carbons (Fsp3) is 0.357. The Morgan fingerprint density at radius 3 is 2.60 bits per heavy atom. The van der Waals surface area contributed by atoms with Crippen LogP contribution in [0.5, 0.6) is 5.75 Å². The lowest BCUT2D eigenvalue weighted by molar-refractivity contribution is 0.386. The molecule has 0 saturated carbocycles. The second-order valence-electron chi connectivity index (χ2n) is 4.90. The molecule has 0 atom stereocenters. The zero-order valence-corrected chi connectivity index (χ0v) is 12.1. The summed E-state index contributed by atoms with van der Waals surface area (Å²) in [6, 6.07) is 4.65. The Bertz CT molecular complexity index is 622. The Labute approximate surface area is 117 Å². The molecule has 20 heavy (non-hydrogen) atoms. The predicted octanol–water partition coefficient (Wildman–Crippen LogP) is 3.02. The summed E-state index contributed by atoms with van der Waals surface area (Å²) in [5.41, 5.74) is 8.08. The lowest BCUT2D eigenvalue weighted by Gasteiger charge is -2.09. The molecule has 6 heteroatoms. The summed E-state index contributed by atoms with van der Waals surface area (Å²) >= 11 is 0. The van der Waals surface area contributed by atoms with Gasteiger partial charge in [-0.15, -0.1) is 0 Å². The number of nitrogens with two attached hydrogens (primary N) is 1. The summed E-state index contributed by atoms with van der Waals surface area (Å²) in [4.78, 5) is 0. The largest absolute Gasteiger partial charge is 0.494 e. The molecule has 0 fully saturated rings. The fourth-order valence-electron chi connectivity index (χ4n) is 2.02. The van der Waals surface area contributed by atoms with Gasteiger partial charge in [-0.2, -0.15) is 5.10 Å². The molecular weight excluding hydrogens is 259 g/mol. The number of methoxy groups -OCH3 is 1. The van der Waals surface area contributed by atoms with Crippen LogP contribution in [-0.2, 0) is 7.05 Å². The van der Waals surface area contributed by atoms with Crippen molar-refractivity contribution in [2.45, 2.75) is 19.8 Å². The summed E-state index contributed by atoms with van der Waals surface area (Å²) in [7, 11) is 3.23. The predicted molar refractivity (Wildman–Crippen MR) is 77.9 cm³/mol. The summed E-state index contributed by atoms with van der Waals surface area (Å²) in [6.07, 6.45) is 0. The summed E-state index contributed by atoms with van der Waals surface area (Å²) in [6.45, 7) is 4.05. The SMILES string of the molecule is COc1ccc(Nc2c(N)c(C(C)C)nn2C)cc1F. The van der Waals surface area contributed by atoms with Crippen molar-refractivity contribution >= 4 is 17.2 Å². The Morgan fingerprint density at radius 2 is 2.10 bits per heavy atom. The van der Waals surface area contributed by atoms with Crippen LogP contribution >= 0.6 is 0 Å². The van der Waals surface area contributed by atoms with E-state index in [0.717, 1.165) is 5.69 Å². The zero-order valence-electron chi connectivity index (χ0n) is 12.1. The molecule has 0 unspecified atom stereocenters. The maximum atomic E-state index is 13.7. The molecule has 2 aromatic rings. The van der Waals surface area contributed by atoms with E-state index in [1.807, 2.05) is 13.8 Å². The first kappa shape index (κ1) is 14.2. The van der Waals surface area contributed by atoms with Crippen LogP contribution < -0.4 is 15.8 Å². The number of ether oxygens (including phenoxy) is 1. The molecule has 5 nitrogen and oxygen atoms in total. The number of benzene rings is 1. The lowest BCUT2D eigenvalue weighted by atomic mass is 10.1. The number of nitrogen functional groups attached to an aromatic ring is 1. The Balaban J connectivity index is 2.33. The van der Waals surface area contributed by atoms with E-state index in [9.17, 15) is 4.39 Å². The zero-order chi connectivity index (χ0) is 14.9. The normalized spacial score (nSPS) is 10.9. The van der Waals surface area contributed by atoms with Crippen LogP contribution in [0.4, 0.5) is 21.6 Å². The molecule has 0 spiro atoms. The smallest absolute Gasteiger partial charge is 0.167 e. The fourth-order valence-corrected chi connectivity index (χ4v) is 2.02. The molecule has 0 radical (unpaired) electrons. The Morgan fingerprint density at radius 1 is 1.40 bits per heavy atom. The highest BCUT2D eigenvalue weighted by molar-refractivity contribution is 5.72. The lowest BCUT2D eigenvalue weighted by Crippen LogP contribution is -2.02. The van der Waals surface area contributed by atoms with Crippen LogP contribution in [0.1, 0.15) is 25.5 Å². The third-order valence-electron chi connectivity index (χ3n) is 3.07. The average Bonchev–Trinajstić information content (AvgIpc) is 2.67. The van der Waals surface area contributed by atoms with Crippen molar-refractivity contribution < 1.29 is 9.13 Å². The highest BCUT2D eigenvalue weighted by Gasteiger charge is 2.16. The molecule has 0 bridgehead atoms. The van der Waals surface area contributed by atoms with E-state index < -0.39 is 5.82 Å². The number of halogens is 1. The van der Waals surface area contributed by atoms with Gasteiger partial charge in [-0.25, -0.2) is 4.39 Å². The van der Waals surface area contributed by atoms with Gasteiger partial charge in [0.1, 0.15) is 0 Å². The monoisotopic (exact) mass is 278 g/mol. The van der Waals surface area contributed by atoms with Gasteiger partial charge in [-0.05, 0) is 18.1 Å². The van der Waals surface area contributed by atoms with E-state index in [1.165, 1.54) is 13.2 Å². The molecule has 0 aliphatic heterocycles. The average molecular weight is 278 g/mol. The molecule has 1 heterocycles. The molecule has 1 aromatic heterocycles. The Hall–Kier alpha value is -2.24. The molecule has 0 amide bonds. The summed E-state index contributed by atoms with van der Waals surface area (Å²) in [5, 5.41) is 7.46. The number of aromatic nitrogens is 2. The van der Waals surface area contributed by atoms with Gasteiger partial charge in [0.25, 0.3) is 0 Å². The minimum absolute atomic E-state index is 0.205. The first-order valence-corrected chi connectivity index (χ1v) is 6.37. The van der Waals surface area contributed by atoms with Crippen LogP contribution in [0, 0.1) is 5.82 Å². The second kappa shape index (κ2) is 5.40. The first-order valence-electron chi connectivity index (χ1n) is 6.37. The van der Waals surface area contributed by atoms with Crippen molar-refractivity contribution in [3.05, 3.63) is 29.7 Å². The highest BCUT2D eigenvalue weighted by Crippen LogP contribution is 2.31. The summed E-state index contributed by atoms with van der Waals surface area (Å²) in [5.74, 6) is 0.654. The quantitative estimate of drug-likeness (QED) is 0.902. The van der Waals surface area contributed by atoms with Crippen molar-refractivity contribution in [2.24, 2.45) is 7.05 Å². The number of aryl methyl sites for hydroxylation is 1. The molecule has 1 aromatic carbocycles. The van der Waals surface area contributed by atoms with Crippen LogP contribution in [-0.4, -0.2) is 16.9 Å². The number of rotatable bonds is 4. The second-order valence-corrected chi connectivity index (χ2v) is 4.90. The highest BCUT2D eigenvalue weighted by atomic mass is 19.1. The molecule has 0 aliphatic rings. The van der Waals surface area contributed by atoms with E-state index in [4.69, 9.17) is 10.5 Å². The van der Waals surface area contributed by atoms with Crippen molar-refractivity contribution in [3.8, 4) is 5.75 Å². The van der Waals surface area contributed by atoms with E-state index in [-0.39, 0.29) is 11.7 Å². The van der Waals surface area contributed by atoms with Gasteiger partial charge >= 0.3 is 0 Å². The van der Waals surface area contributed by atoms with Crippen molar-refractivity contribution in [1.82, 2.24) is 9.78 Å². The van der Waals surface area contributed by atoms with Gasteiger partial charge in [-0.3, -0.25) is 4.68 Å². The van der Waals surface area contributed by atoms with Crippen molar-refractivity contribution in [2.75, 3.05) is 18.2 Å². The maximum absolute atomic E-state index is 13.7. The van der Waals surface area contributed by atoms with Gasteiger partial charge < -0.3 is 15.8 Å². The molecular formula is C14H19FN4O. The van der Waals surface area contributed by atoms with Gasteiger partial charge in [-0.1, -0.05) is 13.8 Å².